The van der Waals surface area contributed by atoms with Crippen LogP contribution in [0.25, 0.3) is 0 Å². The summed E-state index contributed by atoms with van der Waals surface area (Å²) in [7, 11) is 0. The van der Waals surface area contributed by atoms with Gasteiger partial charge in [-0.05, 0) is 92.8 Å². The summed E-state index contributed by atoms with van der Waals surface area (Å²) in [6, 6.07) is 0. The van der Waals surface area contributed by atoms with Crippen LogP contribution in [0.2, 0.25) is 0 Å². The lowest BCUT2D eigenvalue weighted by molar-refractivity contribution is -0.406. The van der Waals surface area contributed by atoms with Crippen LogP contribution in [0.5, 0.6) is 0 Å². The Morgan fingerprint density at radius 1 is 0.560 bits per heavy atom. The van der Waals surface area contributed by atoms with Gasteiger partial charge < -0.3 is 124 Å². The third-order valence-electron chi connectivity index (χ3n) is 22.4. The number of hydrogen-bond donors (Lipinski definition) is 14. The number of carbonyl (C=O) groups excluding carboxylic acids is 1. The maximum atomic E-state index is 13.0. The van der Waals surface area contributed by atoms with E-state index in [1.807, 2.05) is 6.92 Å². The first-order valence-electron chi connectivity index (χ1n) is 30.3. The zero-order valence-corrected chi connectivity index (χ0v) is 49.2. The van der Waals surface area contributed by atoms with E-state index in [0.29, 0.717) is 12.8 Å². The molecular formula is C58H94O26. The van der Waals surface area contributed by atoms with Gasteiger partial charge in [-0.1, -0.05) is 59.6 Å². The predicted molar refractivity (Wildman–Crippen MR) is 284 cm³/mol. The minimum absolute atomic E-state index is 0.110. The molecule has 10 rings (SSSR count). The number of fused-ring (bicyclic) bond motifs is 5. The zero-order chi connectivity index (χ0) is 61.1. The minimum Gasteiger partial charge on any atom is -0.394 e. The molecular weight excluding hydrogens is 1110 g/mol. The van der Waals surface area contributed by atoms with Crippen LogP contribution in [0.15, 0.2) is 11.1 Å². The van der Waals surface area contributed by atoms with Crippen molar-refractivity contribution in [2.45, 2.75) is 285 Å². The summed E-state index contributed by atoms with van der Waals surface area (Å²) in [5.74, 6) is 0.583. The second-order valence-electron chi connectivity index (χ2n) is 27.1. The molecule has 0 aromatic rings. The van der Waals surface area contributed by atoms with Crippen molar-refractivity contribution in [1.82, 2.24) is 0 Å². The van der Waals surface area contributed by atoms with Crippen LogP contribution in [0.4, 0.5) is 0 Å². The Labute approximate surface area is 488 Å². The second-order valence-corrected chi connectivity index (χ2v) is 27.1. The summed E-state index contributed by atoms with van der Waals surface area (Å²) in [4.78, 5) is 13.0. The lowest BCUT2D eigenvalue weighted by Crippen LogP contribution is -2.68. The highest BCUT2D eigenvalue weighted by atomic mass is 16.8. The summed E-state index contributed by atoms with van der Waals surface area (Å²) in [6.07, 6.45) is -35.1. The van der Waals surface area contributed by atoms with E-state index in [4.69, 9.17) is 52.1 Å². The van der Waals surface area contributed by atoms with Crippen LogP contribution >= 0.6 is 0 Å². The number of ketones is 1. The van der Waals surface area contributed by atoms with E-state index in [1.54, 1.807) is 0 Å². The average molecular weight is 1210 g/mol. The molecule has 4 aliphatic carbocycles. The molecule has 26 heteroatoms. The number of ether oxygens (including phenoxy) is 11. The monoisotopic (exact) mass is 1210 g/mol. The molecule has 482 valence electrons. The third-order valence-corrected chi connectivity index (χ3v) is 22.4. The Morgan fingerprint density at radius 2 is 1.13 bits per heavy atom. The number of carbonyl (C=O) groups is 1. The van der Waals surface area contributed by atoms with Gasteiger partial charge in [0, 0.05) is 11.8 Å². The van der Waals surface area contributed by atoms with Gasteiger partial charge in [-0.2, -0.15) is 0 Å². The normalized spacial score (nSPS) is 54.0. The first-order valence-corrected chi connectivity index (χ1v) is 30.3. The van der Waals surface area contributed by atoms with Crippen molar-refractivity contribution in [1.29, 1.82) is 0 Å². The third kappa shape index (κ3) is 10.7. The number of hydrogen-bond acceptors (Lipinski definition) is 26. The van der Waals surface area contributed by atoms with Gasteiger partial charge in [0.1, 0.15) is 116 Å². The fraction of sp³-hybridized carbons (Fsp3) is 0.948. The van der Waals surface area contributed by atoms with Crippen LogP contribution in [0, 0.1) is 33.5 Å². The molecule has 0 amide bonds. The highest BCUT2D eigenvalue weighted by Crippen LogP contribution is 2.75. The largest absolute Gasteiger partial charge is 0.394 e. The van der Waals surface area contributed by atoms with E-state index in [1.165, 1.54) is 18.1 Å². The van der Waals surface area contributed by atoms with Crippen molar-refractivity contribution in [2.75, 3.05) is 26.4 Å². The Balaban J connectivity index is 0.850. The van der Waals surface area contributed by atoms with Gasteiger partial charge in [0.25, 0.3) is 0 Å². The summed E-state index contributed by atoms with van der Waals surface area (Å²) in [5, 5.41) is 153. The number of aliphatic hydroxyl groups is 14. The fourth-order valence-corrected chi connectivity index (χ4v) is 17.1. The van der Waals surface area contributed by atoms with Crippen LogP contribution in [0.3, 0.4) is 0 Å². The minimum atomic E-state index is -2.04. The number of allylic oxidation sites excluding steroid dienone is 2. The molecule has 0 aromatic carbocycles. The average Bonchev–Trinajstić information content (AvgIpc) is 1.45. The van der Waals surface area contributed by atoms with E-state index >= 15 is 0 Å². The zero-order valence-electron chi connectivity index (χ0n) is 49.2. The van der Waals surface area contributed by atoms with Gasteiger partial charge >= 0.3 is 0 Å². The van der Waals surface area contributed by atoms with Crippen LogP contribution in [-0.2, 0) is 56.9 Å². The lowest BCUT2D eigenvalue weighted by atomic mass is 9.43. The highest BCUT2D eigenvalue weighted by molar-refractivity contribution is 5.83. The molecule has 26 nitrogen and oxygen atoms in total. The van der Waals surface area contributed by atoms with Gasteiger partial charge in [0.2, 0.25) is 0 Å². The highest BCUT2D eigenvalue weighted by Gasteiger charge is 2.72. The molecule has 6 saturated heterocycles. The maximum absolute atomic E-state index is 13.0. The summed E-state index contributed by atoms with van der Waals surface area (Å²) < 4.78 is 67.5. The Morgan fingerprint density at radius 3 is 1.79 bits per heavy atom. The number of aliphatic hydroxyl groups excluding tert-OH is 14. The van der Waals surface area contributed by atoms with Crippen LogP contribution in [0.1, 0.15) is 120 Å². The van der Waals surface area contributed by atoms with E-state index in [9.17, 15) is 76.3 Å². The molecule has 0 bridgehead atoms. The fourth-order valence-electron chi connectivity index (χ4n) is 17.1. The molecule has 84 heavy (non-hydrogen) atoms. The number of Topliss-reactive ketones (excluding diaryl/α,β-unsaturated/α-hetero) is 1. The van der Waals surface area contributed by atoms with E-state index < -0.39 is 185 Å². The van der Waals surface area contributed by atoms with E-state index in [-0.39, 0.29) is 45.6 Å². The first kappa shape index (κ1) is 65.4. The van der Waals surface area contributed by atoms with Crippen LogP contribution in [-0.4, -0.2) is 269 Å². The smallest absolute Gasteiger partial charge is 0.187 e. The van der Waals surface area contributed by atoms with E-state index in [0.717, 1.165) is 51.4 Å². The summed E-state index contributed by atoms with van der Waals surface area (Å²) >= 11 is 0. The molecule has 10 aliphatic rings. The van der Waals surface area contributed by atoms with Crippen molar-refractivity contribution in [2.24, 2.45) is 33.5 Å². The summed E-state index contributed by atoms with van der Waals surface area (Å²) in [5.41, 5.74) is 1.76. The Bertz CT molecular complexity index is 2330. The molecule has 6 aliphatic heterocycles. The molecule has 0 radical (unpaired) electrons. The molecule has 0 unspecified atom stereocenters. The van der Waals surface area contributed by atoms with Crippen molar-refractivity contribution >= 4 is 5.78 Å². The van der Waals surface area contributed by atoms with Crippen molar-refractivity contribution in [3.8, 4) is 0 Å². The molecule has 8 fully saturated rings. The van der Waals surface area contributed by atoms with Crippen molar-refractivity contribution in [3.05, 3.63) is 11.1 Å². The maximum Gasteiger partial charge on any atom is 0.187 e. The molecule has 14 N–H and O–H groups in total. The van der Waals surface area contributed by atoms with Crippen LogP contribution < -0.4 is 0 Å². The molecule has 32 atom stereocenters. The van der Waals surface area contributed by atoms with Gasteiger partial charge in [0.05, 0.1) is 44.2 Å². The predicted octanol–water partition coefficient (Wildman–Crippen LogP) is -2.59. The van der Waals surface area contributed by atoms with Crippen molar-refractivity contribution < 1.29 is 128 Å². The number of rotatable bonds is 15. The quantitative estimate of drug-likeness (QED) is 0.0748. The molecule has 2 saturated carbocycles. The van der Waals surface area contributed by atoms with Gasteiger partial charge in [-0.15, -0.1) is 0 Å². The summed E-state index contributed by atoms with van der Waals surface area (Å²) in [6.45, 7) is 14.1. The van der Waals surface area contributed by atoms with Gasteiger partial charge in [-0.3, -0.25) is 4.79 Å². The SMILES string of the molecule is CCC(=O)[C@H]1C[C@@H](C)[C@@]2(CC[C@@]3(C)C4=C(CC[C@]32C)[C@@]2(C)CC[C@@H](O[C@@H]3O[C@H](CO[C@H]5OC[C@H](O)[C@H](O)[C@@H]5O[C@@H]5O[C@@H](CO)[C@@H](O)[C@@H](O[C@H]6O[C@H](CO)[C@H](O)[C@@H](O)[C@@H]6O)[C@H]5O[C@H]5O[C@H](C)[C@H](O)[C@H](O)[C@@H]5O)[C@H](O)[C@@H](O)[C@H]3O)C(C)(C)[C@@H]2CC4)O1. The molecule has 1 spiro atoms. The topological polar surface area (TPSA) is 402 Å². The van der Waals surface area contributed by atoms with E-state index in [2.05, 4.69) is 41.5 Å². The van der Waals surface area contributed by atoms with Gasteiger partial charge in [0.15, 0.2) is 37.2 Å². The Hall–Kier alpha value is -1.59. The first-order chi connectivity index (χ1) is 39.5. The Kier molecular flexibility index (Phi) is 19.1. The molecule has 6 heterocycles. The molecule has 0 aromatic heterocycles. The lowest BCUT2D eigenvalue weighted by Gasteiger charge is -2.63. The van der Waals surface area contributed by atoms with Gasteiger partial charge in [-0.25, -0.2) is 0 Å². The van der Waals surface area contributed by atoms with Crippen molar-refractivity contribution in [3.63, 3.8) is 0 Å². The second kappa shape index (κ2) is 24.6. The standard InChI is InChI=1S/C58H94O26/c1-9-27(61)29-18-23(2)58(84-29)17-16-56(7)26-10-11-33-54(4,5)34(13-14-55(33,6)25(26)12-15-57(56,58)8)80-50-44(72)42(70)38(66)32(79-50)22-75-52-47(36(64)28(62)21-74-52)82-53-48(83-49-43(71)40(68)35(63)24(3)76-49)46(39(67)31(20-60)78-53)81-51-45(73)41(69)37(65)30(19-59)77-51/h23-24,28-53,59-60,62-73H,9-22H2,1-8H3/t23-,24-,28+,29-,30-,31+,32-,33+,34-,35+,36+,37+,38+,39-,40+,41-,42-,43+,44-,45+,46-,47+,48-,49-,50+,51-,52-,53+,55-,56+,57-,58-/m1/s1.